The van der Waals surface area contributed by atoms with Gasteiger partial charge in [0, 0.05) is 0 Å². The minimum atomic E-state index is -0.719. The van der Waals surface area contributed by atoms with Crippen molar-refractivity contribution < 1.29 is 23.8 Å². The first-order chi connectivity index (χ1) is 13.9. The van der Waals surface area contributed by atoms with E-state index in [-0.39, 0.29) is 34.3 Å². The van der Waals surface area contributed by atoms with Crippen LogP contribution in [-0.4, -0.2) is 25.2 Å². The fourth-order valence-corrected chi connectivity index (χ4v) is 2.56. The number of rotatable bonds is 7. The van der Waals surface area contributed by atoms with Crippen molar-refractivity contribution in [2.45, 2.75) is 13.8 Å². The summed E-state index contributed by atoms with van der Waals surface area (Å²) < 4.78 is 15.8. The summed E-state index contributed by atoms with van der Waals surface area (Å²) in [6.45, 7) is 3.89. The second-order valence-electron chi connectivity index (χ2n) is 5.55. The van der Waals surface area contributed by atoms with Gasteiger partial charge in [0.15, 0.2) is 11.5 Å². The lowest BCUT2D eigenvalue weighted by Crippen LogP contribution is -2.10. The lowest BCUT2D eigenvalue weighted by atomic mass is 10.1. The van der Waals surface area contributed by atoms with Crippen molar-refractivity contribution >= 4 is 41.2 Å². The Hall–Kier alpha value is -3.01. The molecule has 0 bridgehead atoms. The molecule has 0 unspecified atom stereocenters. The Bertz CT molecular complexity index is 995. The molecule has 0 heterocycles. The molecule has 0 aliphatic heterocycles. The first kappa shape index (κ1) is 22.3. The predicted molar refractivity (Wildman–Crippen MR) is 109 cm³/mol. The van der Waals surface area contributed by atoms with Crippen LogP contribution in [0.25, 0.3) is 6.08 Å². The smallest absolute Gasteiger partial charge is 0.348 e. The van der Waals surface area contributed by atoms with Crippen LogP contribution in [0.1, 0.15) is 29.8 Å². The monoisotopic (exact) mass is 433 g/mol. The Morgan fingerprint density at radius 3 is 2.41 bits per heavy atom. The third-order valence-electron chi connectivity index (χ3n) is 3.55. The highest BCUT2D eigenvalue weighted by Gasteiger charge is 2.15. The SMILES string of the molecule is CCOC(=O)C(C#N)=Cc1ccc(OC(=O)c2ccc(Cl)c(Cl)c2)c(OCC)c1. The lowest BCUT2D eigenvalue weighted by molar-refractivity contribution is -0.137. The number of nitrogens with zero attached hydrogens (tertiary/aromatic N) is 1. The van der Waals surface area contributed by atoms with Gasteiger partial charge in [-0.2, -0.15) is 5.26 Å². The molecule has 0 aliphatic rings. The summed E-state index contributed by atoms with van der Waals surface area (Å²) in [6.07, 6.45) is 1.37. The highest BCUT2D eigenvalue weighted by Crippen LogP contribution is 2.31. The van der Waals surface area contributed by atoms with Crippen molar-refractivity contribution in [3.63, 3.8) is 0 Å². The van der Waals surface area contributed by atoms with E-state index in [1.54, 1.807) is 32.0 Å². The topological polar surface area (TPSA) is 85.6 Å². The molecule has 6 nitrogen and oxygen atoms in total. The molecular weight excluding hydrogens is 417 g/mol. The number of carbonyl (C=O) groups excluding carboxylic acids is 2. The summed E-state index contributed by atoms with van der Waals surface area (Å²) in [5.41, 5.74) is 0.571. The Kier molecular flexibility index (Phi) is 8.08. The molecule has 8 heteroatoms. The van der Waals surface area contributed by atoms with E-state index in [2.05, 4.69) is 0 Å². The summed E-state index contributed by atoms with van der Waals surface area (Å²) in [5, 5.41) is 9.71. The van der Waals surface area contributed by atoms with Gasteiger partial charge >= 0.3 is 11.9 Å². The quantitative estimate of drug-likeness (QED) is 0.262. The van der Waals surface area contributed by atoms with Crippen molar-refractivity contribution in [2.75, 3.05) is 13.2 Å². The second-order valence-corrected chi connectivity index (χ2v) is 6.36. The van der Waals surface area contributed by atoms with Crippen molar-refractivity contribution in [2.24, 2.45) is 0 Å². The zero-order chi connectivity index (χ0) is 21.4. The second kappa shape index (κ2) is 10.5. The maximum absolute atomic E-state index is 12.4. The van der Waals surface area contributed by atoms with E-state index < -0.39 is 11.9 Å². The van der Waals surface area contributed by atoms with Gasteiger partial charge < -0.3 is 14.2 Å². The van der Waals surface area contributed by atoms with E-state index in [9.17, 15) is 9.59 Å². The molecule has 29 heavy (non-hydrogen) atoms. The molecule has 0 fully saturated rings. The van der Waals surface area contributed by atoms with Crippen molar-refractivity contribution in [1.82, 2.24) is 0 Å². The summed E-state index contributed by atoms with van der Waals surface area (Å²) in [7, 11) is 0. The molecular formula is C21H17Cl2NO5. The summed E-state index contributed by atoms with van der Waals surface area (Å²) in [5.74, 6) is -0.911. The van der Waals surface area contributed by atoms with Gasteiger partial charge in [-0.05, 0) is 55.8 Å². The fourth-order valence-electron chi connectivity index (χ4n) is 2.26. The standard InChI is InChI=1S/C21H17Cl2NO5/c1-3-27-19-10-13(9-15(12-24)20(25)28-4-2)5-8-18(19)29-21(26)14-6-7-16(22)17(23)11-14/h5-11H,3-4H2,1-2H3. The van der Waals surface area contributed by atoms with Crippen molar-refractivity contribution in [3.8, 4) is 17.6 Å². The van der Waals surface area contributed by atoms with E-state index in [4.69, 9.17) is 42.7 Å². The van der Waals surface area contributed by atoms with Gasteiger partial charge in [-0.25, -0.2) is 9.59 Å². The summed E-state index contributed by atoms with van der Waals surface area (Å²) in [4.78, 5) is 24.2. The molecule has 0 N–H and O–H groups in total. The van der Waals surface area contributed by atoms with E-state index in [0.29, 0.717) is 17.2 Å². The molecule has 150 valence electrons. The van der Waals surface area contributed by atoms with Gasteiger partial charge in [0.25, 0.3) is 0 Å². The van der Waals surface area contributed by atoms with Gasteiger partial charge in [-0.3, -0.25) is 0 Å². The molecule has 0 spiro atoms. The molecule has 0 saturated heterocycles. The van der Waals surface area contributed by atoms with Crippen LogP contribution >= 0.6 is 23.2 Å². The highest BCUT2D eigenvalue weighted by atomic mass is 35.5. The first-order valence-electron chi connectivity index (χ1n) is 8.62. The number of hydrogen-bond acceptors (Lipinski definition) is 6. The van der Waals surface area contributed by atoms with Gasteiger partial charge in [-0.1, -0.05) is 29.3 Å². The Morgan fingerprint density at radius 2 is 1.79 bits per heavy atom. The van der Waals surface area contributed by atoms with E-state index in [1.807, 2.05) is 0 Å². The largest absolute Gasteiger partial charge is 0.490 e. The van der Waals surface area contributed by atoms with Crippen LogP contribution in [0.5, 0.6) is 11.5 Å². The Balaban J connectivity index is 2.31. The number of hydrogen-bond donors (Lipinski definition) is 0. The molecule has 2 aromatic carbocycles. The third kappa shape index (κ3) is 5.98. The van der Waals surface area contributed by atoms with Gasteiger partial charge in [0.1, 0.15) is 11.6 Å². The predicted octanol–water partition coefficient (Wildman–Crippen LogP) is 5.08. The zero-order valence-electron chi connectivity index (χ0n) is 15.7. The van der Waals surface area contributed by atoms with Crippen LogP contribution in [0.4, 0.5) is 0 Å². The van der Waals surface area contributed by atoms with Crippen LogP contribution in [-0.2, 0) is 9.53 Å². The number of ether oxygens (including phenoxy) is 3. The van der Waals surface area contributed by atoms with E-state index in [1.165, 1.54) is 30.3 Å². The number of carbonyl (C=O) groups is 2. The first-order valence-corrected chi connectivity index (χ1v) is 9.38. The number of benzene rings is 2. The number of halogens is 2. The minimum Gasteiger partial charge on any atom is -0.490 e. The van der Waals surface area contributed by atoms with Crippen LogP contribution in [0.15, 0.2) is 42.0 Å². The Morgan fingerprint density at radius 1 is 1.03 bits per heavy atom. The van der Waals surface area contributed by atoms with Gasteiger partial charge in [0.2, 0.25) is 0 Å². The summed E-state index contributed by atoms with van der Waals surface area (Å²) >= 11 is 11.8. The number of nitriles is 1. The summed E-state index contributed by atoms with van der Waals surface area (Å²) in [6, 6.07) is 10.8. The zero-order valence-corrected chi connectivity index (χ0v) is 17.2. The van der Waals surface area contributed by atoms with Crippen LogP contribution in [0.3, 0.4) is 0 Å². The fraction of sp³-hybridized carbons (Fsp3) is 0.190. The molecule has 0 radical (unpaired) electrons. The number of esters is 2. The minimum absolute atomic E-state index is 0.158. The van der Waals surface area contributed by atoms with Crippen LogP contribution in [0, 0.1) is 11.3 Å². The van der Waals surface area contributed by atoms with E-state index >= 15 is 0 Å². The lowest BCUT2D eigenvalue weighted by Gasteiger charge is -2.12. The van der Waals surface area contributed by atoms with Gasteiger partial charge in [0.05, 0.1) is 28.8 Å². The Labute approximate surface area is 178 Å². The third-order valence-corrected chi connectivity index (χ3v) is 4.29. The average molecular weight is 434 g/mol. The van der Waals surface area contributed by atoms with Gasteiger partial charge in [-0.15, -0.1) is 0 Å². The maximum Gasteiger partial charge on any atom is 0.348 e. The average Bonchev–Trinajstić information content (AvgIpc) is 2.70. The maximum atomic E-state index is 12.4. The molecule has 0 amide bonds. The van der Waals surface area contributed by atoms with Crippen LogP contribution in [0.2, 0.25) is 10.0 Å². The molecule has 2 aromatic rings. The highest BCUT2D eigenvalue weighted by molar-refractivity contribution is 6.42. The molecule has 0 aromatic heterocycles. The molecule has 0 saturated carbocycles. The molecule has 2 rings (SSSR count). The molecule has 0 atom stereocenters. The van der Waals surface area contributed by atoms with Crippen LogP contribution < -0.4 is 9.47 Å². The van der Waals surface area contributed by atoms with Crippen molar-refractivity contribution in [3.05, 3.63) is 63.1 Å². The molecule has 0 aliphatic carbocycles. The van der Waals surface area contributed by atoms with Crippen molar-refractivity contribution in [1.29, 1.82) is 5.26 Å². The van der Waals surface area contributed by atoms with E-state index in [0.717, 1.165) is 0 Å². The normalized spacial score (nSPS) is 10.8.